The summed E-state index contributed by atoms with van der Waals surface area (Å²) in [6.45, 7) is 3.67. The van der Waals surface area contributed by atoms with Crippen LogP contribution in [0, 0.1) is 0 Å². The molecule has 1 fully saturated rings. The molecule has 6 heteroatoms. The van der Waals surface area contributed by atoms with Crippen molar-refractivity contribution in [3.8, 4) is 11.8 Å². The molecule has 2 heterocycles. The van der Waals surface area contributed by atoms with Gasteiger partial charge in [-0.25, -0.2) is 0 Å². The number of para-hydroxylation sites is 1. The van der Waals surface area contributed by atoms with Gasteiger partial charge in [-0.2, -0.15) is 9.97 Å². The number of ether oxygens (including phenoxy) is 2. The summed E-state index contributed by atoms with van der Waals surface area (Å²) in [4.78, 5) is 13.8. The molecular weight excluding hydrogens is 328 g/mol. The summed E-state index contributed by atoms with van der Waals surface area (Å²) in [6, 6.07) is 16.7. The Morgan fingerprint density at radius 1 is 0.769 bits per heavy atom. The Morgan fingerprint density at radius 2 is 1.46 bits per heavy atom. The minimum Gasteiger partial charge on any atom is -0.497 e. The Balaban J connectivity index is 1.55. The molecule has 0 saturated carbocycles. The molecule has 2 aromatic carbocycles. The number of hydrogen-bond donors (Lipinski definition) is 0. The summed E-state index contributed by atoms with van der Waals surface area (Å²) in [6.07, 6.45) is 0. The van der Waals surface area contributed by atoms with Gasteiger partial charge in [0.15, 0.2) is 0 Å². The molecule has 0 aliphatic carbocycles. The molecule has 0 unspecified atom stereocenters. The molecular formula is C20H22N4O2. The molecule has 1 saturated heterocycles. The van der Waals surface area contributed by atoms with E-state index in [4.69, 9.17) is 9.47 Å². The first-order valence-electron chi connectivity index (χ1n) is 8.73. The van der Waals surface area contributed by atoms with Crippen molar-refractivity contribution in [1.29, 1.82) is 0 Å². The van der Waals surface area contributed by atoms with Crippen LogP contribution >= 0.6 is 0 Å². The number of methoxy groups -OCH3 is 2. The van der Waals surface area contributed by atoms with Crippen LogP contribution < -0.4 is 19.3 Å². The number of rotatable bonds is 4. The molecule has 1 aliphatic rings. The summed E-state index contributed by atoms with van der Waals surface area (Å²) in [5.74, 6) is 1.83. The highest BCUT2D eigenvalue weighted by atomic mass is 16.5. The Kier molecular flexibility index (Phi) is 4.48. The molecule has 6 nitrogen and oxygen atoms in total. The van der Waals surface area contributed by atoms with E-state index < -0.39 is 0 Å². The van der Waals surface area contributed by atoms with E-state index in [0.29, 0.717) is 6.01 Å². The van der Waals surface area contributed by atoms with Crippen molar-refractivity contribution in [1.82, 2.24) is 9.97 Å². The fourth-order valence-electron chi connectivity index (χ4n) is 3.34. The van der Waals surface area contributed by atoms with E-state index in [2.05, 4.69) is 38.0 Å². The molecule has 3 aromatic rings. The second kappa shape index (κ2) is 7.07. The van der Waals surface area contributed by atoms with Gasteiger partial charge < -0.3 is 19.3 Å². The van der Waals surface area contributed by atoms with Crippen LogP contribution in [0.1, 0.15) is 0 Å². The van der Waals surface area contributed by atoms with Crippen molar-refractivity contribution in [2.45, 2.75) is 0 Å². The lowest BCUT2D eigenvalue weighted by atomic mass is 10.2. The number of benzene rings is 2. The van der Waals surface area contributed by atoms with Crippen molar-refractivity contribution in [3.63, 3.8) is 0 Å². The van der Waals surface area contributed by atoms with Crippen LogP contribution in [0.2, 0.25) is 0 Å². The van der Waals surface area contributed by atoms with Crippen LogP contribution in [0.15, 0.2) is 48.5 Å². The topological polar surface area (TPSA) is 50.7 Å². The second-order valence-electron chi connectivity index (χ2n) is 6.22. The summed E-state index contributed by atoms with van der Waals surface area (Å²) >= 11 is 0. The van der Waals surface area contributed by atoms with Crippen LogP contribution in [0.5, 0.6) is 11.8 Å². The fourth-order valence-corrected chi connectivity index (χ4v) is 3.34. The van der Waals surface area contributed by atoms with E-state index in [9.17, 15) is 0 Å². The van der Waals surface area contributed by atoms with E-state index in [-0.39, 0.29) is 0 Å². The third-order valence-electron chi connectivity index (χ3n) is 4.76. The van der Waals surface area contributed by atoms with E-state index in [1.807, 2.05) is 30.3 Å². The summed E-state index contributed by atoms with van der Waals surface area (Å²) in [5, 5.41) is 1.06. The van der Waals surface area contributed by atoms with Crippen molar-refractivity contribution >= 4 is 22.4 Å². The molecule has 0 spiro atoms. The van der Waals surface area contributed by atoms with Gasteiger partial charge in [0.2, 0.25) is 0 Å². The Bertz CT molecular complexity index is 890. The number of anilines is 2. The number of hydrogen-bond acceptors (Lipinski definition) is 6. The molecule has 1 aliphatic heterocycles. The average molecular weight is 350 g/mol. The molecule has 0 radical (unpaired) electrons. The molecule has 134 valence electrons. The zero-order valence-corrected chi connectivity index (χ0v) is 15.1. The summed E-state index contributed by atoms with van der Waals surface area (Å²) in [7, 11) is 3.30. The normalized spacial score (nSPS) is 14.5. The molecule has 0 amide bonds. The van der Waals surface area contributed by atoms with E-state index >= 15 is 0 Å². The number of piperazine rings is 1. The quantitative estimate of drug-likeness (QED) is 0.721. The third kappa shape index (κ3) is 3.10. The predicted molar refractivity (Wildman–Crippen MR) is 104 cm³/mol. The Morgan fingerprint density at radius 3 is 2.15 bits per heavy atom. The maximum atomic E-state index is 5.29. The largest absolute Gasteiger partial charge is 0.497 e. The van der Waals surface area contributed by atoms with Gasteiger partial charge in [-0.3, -0.25) is 0 Å². The molecule has 26 heavy (non-hydrogen) atoms. The fraction of sp³-hybridized carbons (Fsp3) is 0.300. The second-order valence-corrected chi connectivity index (χ2v) is 6.22. The standard InChI is InChI=1S/C20H22N4O2/c1-25-16-9-7-15(8-10-16)23-11-13-24(14-12-23)19-17-5-3-4-6-18(17)21-20(22-19)26-2/h3-10H,11-14H2,1-2H3. The van der Waals surface area contributed by atoms with Crippen LogP contribution in [0.4, 0.5) is 11.5 Å². The molecule has 1 aromatic heterocycles. The van der Waals surface area contributed by atoms with E-state index in [1.165, 1.54) is 5.69 Å². The lowest BCUT2D eigenvalue weighted by Crippen LogP contribution is -2.47. The van der Waals surface area contributed by atoms with Crippen LogP contribution in [0.3, 0.4) is 0 Å². The average Bonchev–Trinajstić information content (AvgIpc) is 2.73. The minimum absolute atomic E-state index is 0.413. The van der Waals surface area contributed by atoms with Crippen molar-refractivity contribution < 1.29 is 9.47 Å². The molecule has 0 N–H and O–H groups in total. The number of aromatic nitrogens is 2. The lowest BCUT2D eigenvalue weighted by Gasteiger charge is -2.37. The number of nitrogens with zero attached hydrogens (tertiary/aromatic N) is 4. The highest BCUT2D eigenvalue weighted by molar-refractivity contribution is 5.89. The Labute approximate surface area is 153 Å². The van der Waals surface area contributed by atoms with Crippen molar-refractivity contribution in [2.24, 2.45) is 0 Å². The predicted octanol–water partition coefficient (Wildman–Crippen LogP) is 2.97. The van der Waals surface area contributed by atoms with Crippen molar-refractivity contribution in [2.75, 3.05) is 50.2 Å². The van der Waals surface area contributed by atoms with Crippen molar-refractivity contribution in [3.05, 3.63) is 48.5 Å². The smallest absolute Gasteiger partial charge is 0.318 e. The number of fused-ring (bicyclic) bond motifs is 1. The monoisotopic (exact) mass is 350 g/mol. The maximum absolute atomic E-state index is 5.29. The van der Waals surface area contributed by atoms with Gasteiger partial charge in [0.25, 0.3) is 0 Å². The van der Waals surface area contributed by atoms with Crippen LogP contribution in [-0.4, -0.2) is 50.4 Å². The van der Waals surface area contributed by atoms with Gasteiger partial charge in [-0.05, 0) is 36.4 Å². The SMILES string of the molecule is COc1ccc(N2CCN(c3nc(OC)nc4ccccc34)CC2)cc1. The minimum atomic E-state index is 0.413. The highest BCUT2D eigenvalue weighted by Crippen LogP contribution is 2.28. The van der Waals surface area contributed by atoms with Gasteiger partial charge in [0.1, 0.15) is 11.6 Å². The maximum Gasteiger partial charge on any atom is 0.318 e. The lowest BCUT2D eigenvalue weighted by molar-refractivity contribution is 0.381. The van der Waals surface area contributed by atoms with Crippen LogP contribution in [0.25, 0.3) is 10.9 Å². The van der Waals surface area contributed by atoms with Gasteiger partial charge in [-0.15, -0.1) is 0 Å². The summed E-state index contributed by atoms with van der Waals surface area (Å²) < 4.78 is 10.5. The first-order valence-corrected chi connectivity index (χ1v) is 8.73. The third-order valence-corrected chi connectivity index (χ3v) is 4.76. The van der Waals surface area contributed by atoms with Gasteiger partial charge in [0, 0.05) is 37.3 Å². The zero-order valence-electron chi connectivity index (χ0n) is 15.1. The van der Waals surface area contributed by atoms with E-state index in [0.717, 1.165) is 48.6 Å². The molecule has 0 atom stereocenters. The van der Waals surface area contributed by atoms with E-state index in [1.54, 1.807) is 14.2 Å². The van der Waals surface area contributed by atoms with Gasteiger partial charge in [-0.1, -0.05) is 12.1 Å². The zero-order chi connectivity index (χ0) is 17.9. The Hall–Kier alpha value is -3.02. The molecule has 0 bridgehead atoms. The van der Waals surface area contributed by atoms with Gasteiger partial charge >= 0.3 is 6.01 Å². The van der Waals surface area contributed by atoms with Crippen LogP contribution in [-0.2, 0) is 0 Å². The first kappa shape index (κ1) is 16.4. The molecule has 4 rings (SSSR count). The first-order chi connectivity index (χ1) is 12.8. The summed E-state index contributed by atoms with van der Waals surface area (Å²) in [5.41, 5.74) is 2.13. The van der Waals surface area contributed by atoms with Gasteiger partial charge in [0.05, 0.1) is 19.7 Å². The highest BCUT2D eigenvalue weighted by Gasteiger charge is 2.21.